The van der Waals surface area contributed by atoms with E-state index in [-0.39, 0.29) is 5.88 Å². The van der Waals surface area contributed by atoms with E-state index < -0.39 is 11.7 Å². The first kappa shape index (κ1) is 13.7. The standard InChI is InChI=1S/C14H14ClF3N2/c1-2-8-5-12(8)20-11-4-3-9(14(16,17)18)6-10(11)19-13(20)7-15/h3-4,6,8,12H,2,5,7H2,1H3. The highest BCUT2D eigenvalue weighted by atomic mass is 35.5. The number of nitrogens with zero attached hydrogens (tertiary/aromatic N) is 2. The smallest absolute Gasteiger partial charge is 0.324 e. The number of imidazole rings is 1. The summed E-state index contributed by atoms with van der Waals surface area (Å²) in [5.74, 6) is 1.45. The molecule has 1 aromatic heterocycles. The molecule has 0 radical (unpaired) electrons. The fourth-order valence-electron chi connectivity index (χ4n) is 2.78. The molecule has 2 unspecified atom stereocenters. The van der Waals surface area contributed by atoms with Gasteiger partial charge in [0, 0.05) is 6.04 Å². The molecular weight excluding hydrogens is 289 g/mol. The quantitative estimate of drug-likeness (QED) is 0.747. The molecule has 2 atom stereocenters. The number of hydrogen-bond donors (Lipinski definition) is 0. The van der Waals surface area contributed by atoms with Crippen molar-refractivity contribution in [3.63, 3.8) is 0 Å². The van der Waals surface area contributed by atoms with E-state index in [0.717, 1.165) is 30.5 Å². The monoisotopic (exact) mass is 302 g/mol. The van der Waals surface area contributed by atoms with Gasteiger partial charge in [-0.3, -0.25) is 0 Å². The third-order valence-corrected chi connectivity index (χ3v) is 4.19. The van der Waals surface area contributed by atoms with E-state index >= 15 is 0 Å². The summed E-state index contributed by atoms with van der Waals surface area (Å²) in [5, 5.41) is 0. The van der Waals surface area contributed by atoms with Gasteiger partial charge in [-0.25, -0.2) is 4.98 Å². The van der Waals surface area contributed by atoms with Gasteiger partial charge in [0.2, 0.25) is 0 Å². The molecule has 1 aliphatic rings. The molecule has 1 aliphatic carbocycles. The highest BCUT2D eigenvalue weighted by molar-refractivity contribution is 6.16. The summed E-state index contributed by atoms with van der Waals surface area (Å²) in [6.45, 7) is 2.12. The van der Waals surface area contributed by atoms with Crippen molar-refractivity contribution >= 4 is 22.6 Å². The maximum absolute atomic E-state index is 12.7. The Bertz CT molecular complexity index is 648. The number of rotatable bonds is 3. The molecular formula is C14H14ClF3N2. The number of benzene rings is 1. The minimum absolute atomic E-state index is 0.211. The van der Waals surface area contributed by atoms with Crippen molar-refractivity contribution in [2.45, 2.75) is 37.9 Å². The van der Waals surface area contributed by atoms with Crippen LogP contribution in [0.25, 0.3) is 11.0 Å². The Hall–Kier alpha value is -1.23. The van der Waals surface area contributed by atoms with Gasteiger partial charge in [-0.05, 0) is 30.5 Å². The Morgan fingerprint density at radius 2 is 2.15 bits per heavy atom. The maximum Gasteiger partial charge on any atom is 0.416 e. The van der Waals surface area contributed by atoms with Crippen molar-refractivity contribution in [3.05, 3.63) is 29.6 Å². The molecule has 0 N–H and O–H groups in total. The van der Waals surface area contributed by atoms with Crippen molar-refractivity contribution in [3.8, 4) is 0 Å². The van der Waals surface area contributed by atoms with Crippen LogP contribution in [0.3, 0.4) is 0 Å². The van der Waals surface area contributed by atoms with Crippen LogP contribution < -0.4 is 0 Å². The lowest BCUT2D eigenvalue weighted by atomic mass is 10.2. The predicted octanol–water partition coefficient (Wildman–Crippen LogP) is 4.76. The zero-order chi connectivity index (χ0) is 14.5. The molecule has 1 aromatic carbocycles. The van der Waals surface area contributed by atoms with Gasteiger partial charge in [-0.1, -0.05) is 13.3 Å². The van der Waals surface area contributed by atoms with Crippen molar-refractivity contribution in [1.29, 1.82) is 0 Å². The number of halogens is 4. The predicted molar refractivity (Wildman–Crippen MR) is 71.7 cm³/mol. The van der Waals surface area contributed by atoms with Crippen LogP contribution in [0, 0.1) is 5.92 Å². The Morgan fingerprint density at radius 3 is 2.70 bits per heavy atom. The van der Waals surface area contributed by atoms with Crippen LogP contribution in [0.5, 0.6) is 0 Å². The Labute approximate surface area is 119 Å². The van der Waals surface area contributed by atoms with E-state index in [0.29, 0.717) is 23.3 Å². The van der Waals surface area contributed by atoms with E-state index in [1.807, 2.05) is 4.57 Å². The molecule has 3 rings (SSSR count). The number of aromatic nitrogens is 2. The average molecular weight is 303 g/mol. The Morgan fingerprint density at radius 1 is 1.40 bits per heavy atom. The Kier molecular flexibility index (Phi) is 3.20. The molecule has 1 fully saturated rings. The molecule has 0 amide bonds. The third-order valence-electron chi connectivity index (χ3n) is 3.95. The highest BCUT2D eigenvalue weighted by Crippen LogP contribution is 2.48. The molecule has 1 saturated carbocycles. The normalized spacial score (nSPS) is 22.4. The molecule has 20 heavy (non-hydrogen) atoms. The summed E-state index contributed by atoms with van der Waals surface area (Å²) >= 11 is 5.89. The lowest BCUT2D eigenvalue weighted by Gasteiger charge is -2.08. The summed E-state index contributed by atoms with van der Waals surface area (Å²) in [6.07, 6.45) is -2.23. The molecule has 6 heteroatoms. The van der Waals surface area contributed by atoms with Crippen molar-refractivity contribution in [2.24, 2.45) is 5.92 Å². The zero-order valence-corrected chi connectivity index (χ0v) is 11.7. The first-order valence-corrected chi connectivity index (χ1v) is 7.13. The summed E-state index contributed by atoms with van der Waals surface area (Å²) in [6, 6.07) is 4.05. The van der Waals surface area contributed by atoms with Crippen LogP contribution in [-0.2, 0) is 12.1 Å². The van der Waals surface area contributed by atoms with Gasteiger partial charge in [0.05, 0.1) is 22.5 Å². The number of alkyl halides is 4. The molecule has 0 bridgehead atoms. The van der Waals surface area contributed by atoms with Crippen LogP contribution in [-0.4, -0.2) is 9.55 Å². The Balaban J connectivity index is 2.11. The molecule has 1 heterocycles. The van der Waals surface area contributed by atoms with Gasteiger partial charge in [-0.15, -0.1) is 11.6 Å². The molecule has 2 nitrogen and oxygen atoms in total. The van der Waals surface area contributed by atoms with E-state index in [2.05, 4.69) is 11.9 Å². The van der Waals surface area contributed by atoms with Crippen molar-refractivity contribution in [2.75, 3.05) is 0 Å². The van der Waals surface area contributed by atoms with E-state index in [1.54, 1.807) is 0 Å². The second-order valence-electron chi connectivity index (χ2n) is 5.20. The third kappa shape index (κ3) is 2.18. The summed E-state index contributed by atoms with van der Waals surface area (Å²) in [5.41, 5.74) is 0.449. The summed E-state index contributed by atoms with van der Waals surface area (Å²) in [7, 11) is 0. The van der Waals surface area contributed by atoms with Gasteiger partial charge in [0.25, 0.3) is 0 Å². The summed E-state index contributed by atoms with van der Waals surface area (Å²) < 4.78 is 40.2. The van der Waals surface area contributed by atoms with Gasteiger partial charge in [0.15, 0.2) is 0 Å². The molecule has 0 spiro atoms. The molecule has 0 aliphatic heterocycles. The maximum atomic E-state index is 12.7. The zero-order valence-electron chi connectivity index (χ0n) is 10.9. The van der Waals surface area contributed by atoms with Crippen LogP contribution in [0.1, 0.15) is 37.2 Å². The fourth-order valence-corrected chi connectivity index (χ4v) is 2.96. The van der Waals surface area contributed by atoms with Crippen molar-refractivity contribution in [1.82, 2.24) is 9.55 Å². The van der Waals surface area contributed by atoms with E-state index in [9.17, 15) is 13.2 Å². The average Bonchev–Trinajstić information content (AvgIpc) is 3.08. The van der Waals surface area contributed by atoms with Gasteiger partial charge >= 0.3 is 6.18 Å². The van der Waals surface area contributed by atoms with E-state index in [4.69, 9.17) is 11.6 Å². The van der Waals surface area contributed by atoms with Crippen LogP contribution in [0.15, 0.2) is 18.2 Å². The molecule has 2 aromatic rings. The fraction of sp³-hybridized carbons (Fsp3) is 0.500. The summed E-state index contributed by atoms with van der Waals surface area (Å²) in [4.78, 5) is 4.27. The van der Waals surface area contributed by atoms with E-state index in [1.165, 1.54) is 6.07 Å². The minimum Gasteiger partial charge on any atom is -0.324 e. The highest BCUT2D eigenvalue weighted by Gasteiger charge is 2.39. The first-order valence-electron chi connectivity index (χ1n) is 6.59. The number of hydrogen-bond acceptors (Lipinski definition) is 1. The van der Waals surface area contributed by atoms with Crippen LogP contribution >= 0.6 is 11.6 Å². The lowest BCUT2D eigenvalue weighted by Crippen LogP contribution is -2.04. The molecule has 108 valence electrons. The number of fused-ring (bicyclic) bond motifs is 1. The van der Waals surface area contributed by atoms with Crippen LogP contribution in [0.4, 0.5) is 13.2 Å². The van der Waals surface area contributed by atoms with Gasteiger partial charge in [0.1, 0.15) is 5.82 Å². The first-order chi connectivity index (χ1) is 9.45. The van der Waals surface area contributed by atoms with Crippen LogP contribution in [0.2, 0.25) is 0 Å². The van der Waals surface area contributed by atoms with Gasteiger partial charge in [-0.2, -0.15) is 13.2 Å². The SMILES string of the molecule is CCC1CC1n1c(CCl)nc2cc(C(F)(F)F)ccc21. The molecule has 0 saturated heterocycles. The second kappa shape index (κ2) is 4.65. The second-order valence-corrected chi connectivity index (χ2v) is 5.47. The largest absolute Gasteiger partial charge is 0.416 e. The minimum atomic E-state index is -4.34. The topological polar surface area (TPSA) is 17.8 Å². The van der Waals surface area contributed by atoms with Gasteiger partial charge < -0.3 is 4.57 Å². The van der Waals surface area contributed by atoms with Crippen molar-refractivity contribution < 1.29 is 13.2 Å². The lowest BCUT2D eigenvalue weighted by molar-refractivity contribution is -0.137.